The molecule has 0 spiro atoms. The van der Waals surface area contributed by atoms with Crippen molar-refractivity contribution in [2.75, 3.05) is 13.1 Å². The second-order valence-electron chi connectivity index (χ2n) is 4.21. The highest BCUT2D eigenvalue weighted by atomic mass is 16.4. The summed E-state index contributed by atoms with van der Waals surface area (Å²) in [6.07, 6.45) is 0.803. The fourth-order valence-electron chi connectivity index (χ4n) is 1.90. The summed E-state index contributed by atoms with van der Waals surface area (Å²) < 4.78 is 0. The van der Waals surface area contributed by atoms with E-state index < -0.39 is 5.97 Å². The third kappa shape index (κ3) is 2.56. The number of likely N-dealkylation sites (tertiary alicyclic amines) is 1. The predicted molar refractivity (Wildman–Crippen MR) is 63.5 cm³/mol. The van der Waals surface area contributed by atoms with Gasteiger partial charge in [0.05, 0.1) is 5.56 Å². The number of ketones is 1. The van der Waals surface area contributed by atoms with Crippen LogP contribution in [0.1, 0.15) is 33.6 Å². The molecule has 0 aromatic heterocycles. The maximum atomic E-state index is 12.1. The number of benzene rings is 1. The molecule has 0 unspecified atom stereocenters. The van der Waals surface area contributed by atoms with E-state index in [1.54, 1.807) is 4.90 Å². The number of Topliss-reactive ketones (excluding diaryl/α,β-unsaturated/α-hetero) is 1. The second-order valence-corrected chi connectivity index (χ2v) is 4.21. The molecule has 0 bridgehead atoms. The van der Waals surface area contributed by atoms with Gasteiger partial charge in [-0.1, -0.05) is 0 Å². The number of carboxylic acid groups (broad SMARTS) is 1. The summed E-state index contributed by atoms with van der Waals surface area (Å²) in [6.45, 7) is 0.886. The Morgan fingerprint density at radius 3 is 2.00 bits per heavy atom. The van der Waals surface area contributed by atoms with Crippen LogP contribution >= 0.6 is 0 Å². The van der Waals surface area contributed by atoms with Crippen molar-refractivity contribution < 1.29 is 19.5 Å². The van der Waals surface area contributed by atoms with Crippen LogP contribution in [0, 0.1) is 0 Å². The summed E-state index contributed by atoms with van der Waals surface area (Å²) in [4.78, 5) is 35.4. The first-order chi connectivity index (χ1) is 8.58. The van der Waals surface area contributed by atoms with Crippen LogP contribution in [-0.2, 0) is 4.79 Å². The van der Waals surface area contributed by atoms with Gasteiger partial charge in [0, 0.05) is 31.5 Å². The molecule has 5 heteroatoms. The summed E-state index contributed by atoms with van der Waals surface area (Å²) in [5.41, 5.74) is 0.606. The van der Waals surface area contributed by atoms with Gasteiger partial charge < -0.3 is 10.0 Å². The lowest BCUT2D eigenvalue weighted by atomic mass is 10.1. The first-order valence-electron chi connectivity index (χ1n) is 5.72. The molecule has 94 valence electrons. The van der Waals surface area contributed by atoms with Crippen molar-refractivity contribution in [2.45, 2.75) is 12.8 Å². The number of carboxylic acids is 1. The molecule has 1 aromatic carbocycles. The fourth-order valence-corrected chi connectivity index (χ4v) is 1.90. The lowest BCUT2D eigenvalue weighted by Crippen LogP contribution is -2.38. The van der Waals surface area contributed by atoms with Crippen molar-refractivity contribution in [3.8, 4) is 0 Å². The van der Waals surface area contributed by atoms with Crippen molar-refractivity contribution in [1.29, 1.82) is 0 Å². The third-order valence-electron chi connectivity index (χ3n) is 2.99. The standard InChI is InChI=1S/C13H13NO4/c15-11-5-7-14(8-6-11)12(16)9-1-3-10(4-2-9)13(17)18/h1-4H,5-8H2,(H,17,18). The maximum absolute atomic E-state index is 12.1. The van der Waals surface area contributed by atoms with E-state index in [2.05, 4.69) is 0 Å². The van der Waals surface area contributed by atoms with Crippen LogP contribution in [0.2, 0.25) is 0 Å². The molecule has 1 saturated heterocycles. The molecule has 0 saturated carbocycles. The Balaban J connectivity index is 2.09. The Morgan fingerprint density at radius 1 is 1.00 bits per heavy atom. The number of aromatic carboxylic acids is 1. The van der Waals surface area contributed by atoms with E-state index in [0.29, 0.717) is 31.5 Å². The van der Waals surface area contributed by atoms with E-state index in [9.17, 15) is 14.4 Å². The molecule has 0 atom stereocenters. The van der Waals surface area contributed by atoms with E-state index in [4.69, 9.17) is 5.11 Å². The van der Waals surface area contributed by atoms with Crippen LogP contribution in [0.25, 0.3) is 0 Å². The fraction of sp³-hybridized carbons (Fsp3) is 0.308. The van der Waals surface area contributed by atoms with Gasteiger partial charge in [-0.3, -0.25) is 9.59 Å². The molecule has 1 aliphatic rings. The first-order valence-corrected chi connectivity index (χ1v) is 5.72. The lowest BCUT2D eigenvalue weighted by molar-refractivity contribution is -0.120. The lowest BCUT2D eigenvalue weighted by Gasteiger charge is -2.26. The average Bonchev–Trinajstić information content (AvgIpc) is 2.39. The smallest absolute Gasteiger partial charge is 0.335 e. The molecule has 1 amide bonds. The van der Waals surface area contributed by atoms with E-state index >= 15 is 0 Å². The zero-order valence-corrected chi connectivity index (χ0v) is 9.76. The Kier molecular flexibility index (Phi) is 3.41. The van der Waals surface area contributed by atoms with Crippen molar-refractivity contribution in [1.82, 2.24) is 4.90 Å². The Labute approximate surface area is 104 Å². The number of hydrogen-bond acceptors (Lipinski definition) is 3. The number of rotatable bonds is 2. The van der Waals surface area contributed by atoms with Crippen LogP contribution in [0.3, 0.4) is 0 Å². The minimum absolute atomic E-state index is 0.153. The van der Waals surface area contributed by atoms with E-state index in [-0.39, 0.29) is 17.3 Å². The Morgan fingerprint density at radius 2 is 1.50 bits per heavy atom. The molecule has 1 fully saturated rings. The van der Waals surface area contributed by atoms with Gasteiger partial charge in [-0.2, -0.15) is 0 Å². The van der Waals surface area contributed by atoms with E-state index in [1.807, 2.05) is 0 Å². The number of nitrogens with zero attached hydrogens (tertiary/aromatic N) is 1. The highest BCUT2D eigenvalue weighted by Gasteiger charge is 2.21. The monoisotopic (exact) mass is 247 g/mol. The van der Waals surface area contributed by atoms with Crippen molar-refractivity contribution in [3.63, 3.8) is 0 Å². The molecular weight excluding hydrogens is 234 g/mol. The number of carbonyl (C=O) groups excluding carboxylic acids is 2. The highest BCUT2D eigenvalue weighted by Crippen LogP contribution is 2.12. The molecule has 5 nitrogen and oxygen atoms in total. The van der Waals surface area contributed by atoms with Crippen molar-refractivity contribution in [3.05, 3.63) is 35.4 Å². The normalized spacial score (nSPS) is 15.6. The highest BCUT2D eigenvalue weighted by molar-refractivity contribution is 5.96. The van der Waals surface area contributed by atoms with Crippen LogP contribution in [-0.4, -0.2) is 40.8 Å². The van der Waals surface area contributed by atoms with Crippen molar-refractivity contribution in [2.24, 2.45) is 0 Å². The molecule has 1 N–H and O–H groups in total. The van der Waals surface area contributed by atoms with Crippen LogP contribution in [0.5, 0.6) is 0 Å². The van der Waals surface area contributed by atoms with E-state index in [0.717, 1.165) is 0 Å². The van der Waals surface area contributed by atoms with Crippen molar-refractivity contribution >= 4 is 17.7 Å². The number of carbonyl (C=O) groups is 3. The average molecular weight is 247 g/mol. The summed E-state index contributed by atoms with van der Waals surface area (Å²) >= 11 is 0. The SMILES string of the molecule is O=C1CCN(C(=O)c2ccc(C(=O)O)cc2)CC1. The quantitative estimate of drug-likeness (QED) is 0.851. The number of piperidine rings is 1. The van der Waals surface area contributed by atoms with E-state index in [1.165, 1.54) is 24.3 Å². The molecule has 1 aromatic rings. The van der Waals surface area contributed by atoms with Gasteiger partial charge in [-0.25, -0.2) is 4.79 Å². The largest absolute Gasteiger partial charge is 0.478 e. The van der Waals surface area contributed by atoms with Gasteiger partial charge in [0.2, 0.25) is 0 Å². The van der Waals surface area contributed by atoms with Gasteiger partial charge in [0.15, 0.2) is 0 Å². The zero-order chi connectivity index (χ0) is 13.1. The topological polar surface area (TPSA) is 74.7 Å². The van der Waals surface area contributed by atoms with Gasteiger partial charge in [-0.15, -0.1) is 0 Å². The third-order valence-corrected chi connectivity index (χ3v) is 2.99. The van der Waals surface area contributed by atoms with Gasteiger partial charge in [0.1, 0.15) is 5.78 Å². The molecule has 0 aliphatic carbocycles. The van der Waals surface area contributed by atoms with Gasteiger partial charge >= 0.3 is 5.97 Å². The molecule has 2 rings (SSSR count). The summed E-state index contributed by atoms with van der Waals surface area (Å²) in [5, 5.41) is 8.76. The minimum atomic E-state index is -1.02. The molecule has 18 heavy (non-hydrogen) atoms. The minimum Gasteiger partial charge on any atom is -0.478 e. The Hall–Kier alpha value is -2.17. The van der Waals surface area contributed by atoms with Crippen LogP contribution in [0.15, 0.2) is 24.3 Å². The summed E-state index contributed by atoms with van der Waals surface area (Å²) in [7, 11) is 0. The number of hydrogen-bond donors (Lipinski definition) is 1. The molecule has 1 heterocycles. The Bertz CT molecular complexity index is 482. The number of amides is 1. The summed E-state index contributed by atoms with van der Waals surface area (Å²) in [6, 6.07) is 5.82. The predicted octanol–water partition coefficient (Wildman–Crippen LogP) is 1.19. The summed E-state index contributed by atoms with van der Waals surface area (Å²) in [5.74, 6) is -0.989. The zero-order valence-electron chi connectivity index (χ0n) is 9.76. The molecular formula is C13H13NO4. The van der Waals surface area contributed by atoms with Crippen LogP contribution < -0.4 is 0 Å². The maximum Gasteiger partial charge on any atom is 0.335 e. The van der Waals surface area contributed by atoms with Gasteiger partial charge in [-0.05, 0) is 24.3 Å². The molecule has 1 aliphatic heterocycles. The first kappa shape index (κ1) is 12.3. The molecule has 0 radical (unpaired) electrons. The second kappa shape index (κ2) is 5.00. The van der Waals surface area contributed by atoms with Gasteiger partial charge in [0.25, 0.3) is 5.91 Å². The van der Waals surface area contributed by atoms with Crippen LogP contribution in [0.4, 0.5) is 0 Å².